The molecule has 2 heterocycles. The quantitative estimate of drug-likeness (QED) is 0.242. The Morgan fingerprint density at radius 2 is 1.69 bits per heavy atom. The Morgan fingerprint density at radius 1 is 1.03 bits per heavy atom. The monoisotopic (exact) mass is 557 g/mol. The maximum atomic E-state index is 12.7. The van der Waals surface area contributed by atoms with E-state index in [1.165, 1.54) is 5.56 Å². The number of benzene rings is 1. The third-order valence-corrected chi connectivity index (χ3v) is 6.33. The Bertz CT molecular complexity index is 744. The maximum absolute atomic E-state index is 12.7. The Balaban J connectivity index is 0.00000363. The van der Waals surface area contributed by atoms with Crippen molar-refractivity contribution in [2.24, 2.45) is 4.99 Å². The highest BCUT2D eigenvalue weighted by atomic mass is 127. The third-order valence-electron chi connectivity index (χ3n) is 6.33. The van der Waals surface area contributed by atoms with Gasteiger partial charge in [0.15, 0.2) is 5.96 Å². The van der Waals surface area contributed by atoms with Crippen LogP contribution in [0.3, 0.4) is 0 Å². The zero-order chi connectivity index (χ0) is 22.2. The van der Waals surface area contributed by atoms with Crippen LogP contribution in [-0.4, -0.2) is 92.1 Å². The minimum Gasteiger partial charge on any atom is -0.491 e. The fraction of sp³-hybridized carbons (Fsp3) is 0.667. The van der Waals surface area contributed by atoms with E-state index in [0.717, 1.165) is 63.8 Å². The van der Waals surface area contributed by atoms with Crippen molar-refractivity contribution in [3.8, 4) is 5.75 Å². The first-order valence-corrected chi connectivity index (χ1v) is 11.7. The SMILES string of the molecule is CN=C(NCCOc1ccccc1C(C)C)N1CCN(C(C)C(=O)N2CCCC2)CC1.I. The van der Waals surface area contributed by atoms with Crippen LogP contribution in [0.5, 0.6) is 5.75 Å². The standard InChI is InChI=1S/C24H39N5O2.HI/c1-19(2)21-9-5-6-10-22(21)31-18-11-26-24(25-4)29-16-14-27(15-17-29)20(3)23(30)28-12-7-8-13-28;/h5-6,9-10,19-20H,7-8,11-18H2,1-4H3,(H,25,26);1H. The number of para-hydroxylation sites is 1. The molecule has 2 fully saturated rings. The van der Waals surface area contributed by atoms with Crippen LogP contribution in [0.1, 0.15) is 45.1 Å². The molecule has 2 aliphatic rings. The van der Waals surface area contributed by atoms with Crippen molar-refractivity contribution in [1.29, 1.82) is 0 Å². The van der Waals surface area contributed by atoms with Gasteiger partial charge in [-0.2, -0.15) is 0 Å². The van der Waals surface area contributed by atoms with E-state index >= 15 is 0 Å². The van der Waals surface area contributed by atoms with Crippen LogP contribution in [0.4, 0.5) is 0 Å². The molecule has 1 aromatic rings. The molecule has 7 nitrogen and oxygen atoms in total. The molecular weight excluding hydrogens is 517 g/mol. The molecule has 1 aromatic carbocycles. The minimum absolute atomic E-state index is 0. The highest BCUT2D eigenvalue weighted by Gasteiger charge is 2.30. The van der Waals surface area contributed by atoms with Crippen molar-refractivity contribution in [2.75, 3.05) is 59.5 Å². The number of hydrogen-bond donors (Lipinski definition) is 1. The van der Waals surface area contributed by atoms with Crippen molar-refractivity contribution < 1.29 is 9.53 Å². The summed E-state index contributed by atoms with van der Waals surface area (Å²) in [4.78, 5) is 23.7. The van der Waals surface area contributed by atoms with Crippen LogP contribution >= 0.6 is 24.0 Å². The van der Waals surface area contributed by atoms with Crippen LogP contribution in [0.2, 0.25) is 0 Å². The number of likely N-dealkylation sites (tertiary alicyclic amines) is 1. The van der Waals surface area contributed by atoms with Crippen LogP contribution < -0.4 is 10.1 Å². The van der Waals surface area contributed by atoms with Crippen molar-refractivity contribution in [2.45, 2.75) is 45.6 Å². The number of guanidine groups is 1. The second-order valence-corrected chi connectivity index (χ2v) is 8.75. The van der Waals surface area contributed by atoms with Gasteiger partial charge >= 0.3 is 0 Å². The molecule has 1 atom stereocenters. The number of nitrogens with one attached hydrogen (secondary N) is 1. The number of rotatable bonds is 7. The van der Waals surface area contributed by atoms with Crippen molar-refractivity contribution in [3.63, 3.8) is 0 Å². The van der Waals surface area contributed by atoms with Crippen LogP contribution in [0.15, 0.2) is 29.3 Å². The first kappa shape index (κ1) is 26.7. The summed E-state index contributed by atoms with van der Waals surface area (Å²) in [5.41, 5.74) is 1.24. The normalized spacial score (nSPS) is 18.5. The molecular formula is C24H40IN5O2. The fourth-order valence-corrected chi connectivity index (χ4v) is 4.42. The molecule has 2 aliphatic heterocycles. The lowest BCUT2D eigenvalue weighted by Gasteiger charge is -2.39. The lowest BCUT2D eigenvalue weighted by atomic mass is 10.0. The Hall–Kier alpha value is -1.55. The van der Waals surface area contributed by atoms with Gasteiger partial charge in [-0.3, -0.25) is 14.7 Å². The number of halogens is 1. The summed E-state index contributed by atoms with van der Waals surface area (Å²) in [5.74, 6) is 2.58. The Kier molecular flexibility index (Phi) is 11.0. The van der Waals surface area contributed by atoms with E-state index in [0.29, 0.717) is 19.1 Å². The van der Waals surface area contributed by atoms with Gasteiger partial charge in [0.05, 0.1) is 12.6 Å². The molecule has 0 radical (unpaired) electrons. The average molecular weight is 558 g/mol. The predicted molar refractivity (Wildman–Crippen MR) is 141 cm³/mol. The second-order valence-electron chi connectivity index (χ2n) is 8.75. The summed E-state index contributed by atoms with van der Waals surface area (Å²) in [5, 5.41) is 3.43. The minimum atomic E-state index is -0.0374. The molecule has 1 amide bonds. The van der Waals surface area contributed by atoms with Gasteiger partial charge in [0.1, 0.15) is 12.4 Å². The Morgan fingerprint density at radius 3 is 2.31 bits per heavy atom. The molecule has 2 saturated heterocycles. The van der Waals surface area contributed by atoms with Gasteiger partial charge in [0.2, 0.25) is 5.91 Å². The lowest BCUT2D eigenvalue weighted by molar-refractivity contribution is -0.135. The van der Waals surface area contributed by atoms with E-state index in [1.54, 1.807) is 0 Å². The lowest BCUT2D eigenvalue weighted by Crippen LogP contribution is -2.57. The first-order valence-electron chi connectivity index (χ1n) is 11.7. The number of ether oxygens (including phenoxy) is 1. The predicted octanol–water partition coefficient (Wildman–Crippen LogP) is 3.01. The number of carbonyl (C=O) groups is 1. The van der Waals surface area contributed by atoms with E-state index in [-0.39, 0.29) is 35.9 Å². The molecule has 1 unspecified atom stereocenters. The molecule has 32 heavy (non-hydrogen) atoms. The summed E-state index contributed by atoms with van der Waals surface area (Å²) in [6.07, 6.45) is 2.28. The van der Waals surface area contributed by atoms with Gasteiger partial charge in [-0.15, -0.1) is 24.0 Å². The summed E-state index contributed by atoms with van der Waals surface area (Å²) < 4.78 is 6.02. The maximum Gasteiger partial charge on any atom is 0.239 e. The molecule has 0 bridgehead atoms. The van der Waals surface area contributed by atoms with Crippen molar-refractivity contribution in [3.05, 3.63) is 29.8 Å². The number of amides is 1. The van der Waals surface area contributed by atoms with E-state index in [1.807, 2.05) is 24.1 Å². The first-order chi connectivity index (χ1) is 15.0. The van der Waals surface area contributed by atoms with Gasteiger partial charge in [0, 0.05) is 46.3 Å². The van der Waals surface area contributed by atoms with Crippen LogP contribution in [0, 0.1) is 0 Å². The number of carbonyl (C=O) groups excluding carboxylic acids is 1. The van der Waals surface area contributed by atoms with E-state index in [4.69, 9.17) is 4.74 Å². The van der Waals surface area contributed by atoms with E-state index in [9.17, 15) is 4.79 Å². The molecule has 3 rings (SSSR count). The molecule has 8 heteroatoms. The molecule has 0 aromatic heterocycles. The highest BCUT2D eigenvalue weighted by Crippen LogP contribution is 2.25. The van der Waals surface area contributed by atoms with Gasteiger partial charge in [-0.05, 0) is 37.3 Å². The molecule has 0 spiro atoms. The summed E-state index contributed by atoms with van der Waals surface area (Å²) >= 11 is 0. The fourth-order valence-electron chi connectivity index (χ4n) is 4.42. The van der Waals surface area contributed by atoms with Gasteiger partial charge < -0.3 is 19.9 Å². The van der Waals surface area contributed by atoms with E-state index < -0.39 is 0 Å². The van der Waals surface area contributed by atoms with Gasteiger partial charge in [-0.25, -0.2) is 0 Å². The third kappa shape index (κ3) is 6.97. The van der Waals surface area contributed by atoms with Gasteiger partial charge in [0.25, 0.3) is 0 Å². The van der Waals surface area contributed by atoms with Crippen LogP contribution in [0.25, 0.3) is 0 Å². The molecule has 0 saturated carbocycles. The number of piperazine rings is 1. The van der Waals surface area contributed by atoms with Crippen molar-refractivity contribution in [1.82, 2.24) is 20.0 Å². The smallest absolute Gasteiger partial charge is 0.239 e. The number of hydrogen-bond acceptors (Lipinski definition) is 4. The zero-order valence-electron chi connectivity index (χ0n) is 20.0. The Labute approximate surface area is 210 Å². The van der Waals surface area contributed by atoms with Gasteiger partial charge in [-0.1, -0.05) is 32.0 Å². The zero-order valence-corrected chi connectivity index (χ0v) is 22.4. The summed E-state index contributed by atoms with van der Waals surface area (Å²) in [6.45, 7) is 13.0. The summed E-state index contributed by atoms with van der Waals surface area (Å²) in [7, 11) is 1.82. The van der Waals surface area contributed by atoms with Crippen molar-refractivity contribution >= 4 is 35.8 Å². The molecule has 0 aliphatic carbocycles. The largest absolute Gasteiger partial charge is 0.491 e. The average Bonchev–Trinajstić information content (AvgIpc) is 3.33. The number of nitrogens with zero attached hydrogens (tertiary/aromatic N) is 4. The second kappa shape index (κ2) is 13.2. The molecule has 1 N–H and O–H groups in total. The highest BCUT2D eigenvalue weighted by molar-refractivity contribution is 14.0. The summed E-state index contributed by atoms with van der Waals surface area (Å²) in [6, 6.07) is 8.20. The molecule has 180 valence electrons. The number of aliphatic imine (C=N–C) groups is 1. The van der Waals surface area contributed by atoms with Crippen LogP contribution in [-0.2, 0) is 4.79 Å². The van der Waals surface area contributed by atoms with E-state index in [2.05, 4.69) is 53.0 Å². The topological polar surface area (TPSA) is 60.4 Å².